The van der Waals surface area contributed by atoms with E-state index >= 15 is 4.39 Å². The Morgan fingerprint density at radius 2 is 2.03 bits per heavy atom. The predicted octanol–water partition coefficient (Wildman–Crippen LogP) is 3.74. The lowest BCUT2D eigenvalue weighted by Crippen LogP contribution is -2.18. The lowest BCUT2D eigenvalue weighted by Gasteiger charge is -2.19. The highest BCUT2D eigenvalue weighted by atomic mass is 32.2. The van der Waals surface area contributed by atoms with Crippen molar-refractivity contribution in [2.24, 2.45) is 0 Å². The highest BCUT2D eigenvalue weighted by molar-refractivity contribution is 7.92. The fourth-order valence-electron chi connectivity index (χ4n) is 3.11. The second kappa shape index (κ2) is 8.34. The van der Waals surface area contributed by atoms with Gasteiger partial charge in [-0.15, -0.1) is 0 Å². The first-order valence-corrected chi connectivity index (χ1v) is 10.5. The zero-order valence-corrected chi connectivity index (χ0v) is 16.9. The number of aromatic amines is 1. The molecule has 156 valence electrons. The summed E-state index contributed by atoms with van der Waals surface area (Å²) in [7, 11) is -0.963. The zero-order valence-electron chi connectivity index (χ0n) is 16.1. The molecule has 7 nitrogen and oxygen atoms in total. The van der Waals surface area contributed by atoms with E-state index in [1.807, 2.05) is 0 Å². The number of nitrogens with zero attached hydrogens (tertiary/aromatic N) is 1. The molecule has 0 fully saturated rings. The van der Waals surface area contributed by atoms with E-state index in [0.717, 1.165) is 12.1 Å². The van der Waals surface area contributed by atoms with Crippen LogP contribution < -0.4 is 9.46 Å². The maximum Gasteiger partial charge on any atom is 0.232 e. The average Bonchev–Trinajstić information content (AvgIpc) is 3.10. The largest absolute Gasteiger partial charge is 0.495 e. The van der Waals surface area contributed by atoms with Gasteiger partial charge in [0.15, 0.2) is 5.82 Å². The number of sulfonamides is 1. The van der Waals surface area contributed by atoms with Gasteiger partial charge >= 0.3 is 0 Å². The molecule has 0 radical (unpaired) electrons. The minimum Gasteiger partial charge on any atom is -0.495 e. The van der Waals surface area contributed by atoms with Gasteiger partial charge in [0.25, 0.3) is 0 Å². The summed E-state index contributed by atoms with van der Waals surface area (Å²) in [6.07, 6.45) is 2.26. The van der Waals surface area contributed by atoms with Crippen molar-refractivity contribution < 1.29 is 26.7 Å². The van der Waals surface area contributed by atoms with Gasteiger partial charge in [-0.05, 0) is 24.6 Å². The topological polar surface area (TPSA) is 93.3 Å². The van der Waals surface area contributed by atoms with Crippen LogP contribution in [0.1, 0.15) is 30.6 Å². The Labute approximate surface area is 167 Å². The fourth-order valence-corrected chi connectivity index (χ4v) is 4.24. The highest BCUT2D eigenvalue weighted by Gasteiger charge is 2.27. The Morgan fingerprint density at radius 3 is 2.69 bits per heavy atom. The molecule has 3 rings (SSSR count). The maximum absolute atomic E-state index is 15.2. The molecule has 0 bridgehead atoms. The van der Waals surface area contributed by atoms with Crippen LogP contribution in [-0.2, 0) is 14.8 Å². The smallest absolute Gasteiger partial charge is 0.232 e. The third-order valence-corrected chi connectivity index (χ3v) is 5.90. The lowest BCUT2D eigenvalue weighted by molar-refractivity contribution is 0.130. The summed E-state index contributed by atoms with van der Waals surface area (Å²) < 4.78 is 66.6. The molecule has 2 heterocycles. The van der Waals surface area contributed by atoms with Gasteiger partial charge in [0, 0.05) is 24.3 Å². The van der Waals surface area contributed by atoms with Crippen molar-refractivity contribution in [1.82, 2.24) is 9.97 Å². The summed E-state index contributed by atoms with van der Waals surface area (Å²) in [5, 5.41) is 0.562. The molecular weight excluding hydrogens is 404 g/mol. The number of H-pyrrole nitrogens is 1. The molecule has 10 heteroatoms. The van der Waals surface area contributed by atoms with Gasteiger partial charge in [0.1, 0.15) is 23.3 Å². The number of methoxy groups -OCH3 is 2. The number of halogens is 2. The van der Waals surface area contributed by atoms with Gasteiger partial charge in [-0.3, -0.25) is 4.72 Å². The molecule has 1 atom stereocenters. The van der Waals surface area contributed by atoms with Crippen LogP contribution in [0.3, 0.4) is 0 Å². The molecule has 1 aromatic carbocycles. The van der Waals surface area contributed by atoms with Crippen molar-refractivity contribution in [3.8, 4) is 5.75 Å². The predicted molar refractivity (Wildman–Crippen MR) is 106 cm³/mol. The van der Waals surface area contributed by atoms with Crippen molar-refractivity contribution in [3.05, 3.63) is 53.4 Å². The number of anilines is 1. The molecule has 0 saturated heterocycles. The number of rotatable bonds is 8. The zero-order chi connectivity index (χ0) is 21.2. The Morgan fingerprint density at radius 1 is 1.28 bits per heavy atom. The van der Waals surface area contributed by atoms with Crippen LogP contribution in [0, 0.1) is 11.6 Å². The van der Waals surface area contributed by atoms with Crippen LogP contribution >= 0.6 is 0 Å². The average molecular weight is 425 g/mol. The van der Waals surface area contributed by atoms with Crippen molar-refractivity contribution in [1.29, 1.82) is 0 Å². The summed E-state index contributed by atoms with van der Waals surface area (Å²) in [6, 6.07) is 3.72. The Kier molecular flexibility index (Phi) is 6.04. The van der Waals surface area contributed by atoms with Crippen LogP contribution in [0.4, 0.5) is 14.5 Å². The van der Waals surface area contributed by atoms with Crippen LogP contribution in [-0.4, -0.2) is 38.4 Å². The Hall–Kier alpha value is -2.72. The van der Waals surface area contributed by atoms with E-state index in [1.54, 1.807) is 13.0 Å². The molecule has 1 unspecified atom stereocenters. The first-order valence-electron chi connectivity index (χ1n) is 8.83. The van der Waals surface area contributed by atoms with Gasteiger partial charge < -0.3 is 14.5 Å². The standard InChI is InChI=1S/C19H21F2N3O4S/c1-4-7-29(25,26)24-15-6-5-14(20)16(17(15)21)18(28-3)13-10-23-19-12(13)8-11(27-2)9-22-19/h5-6,8-10,18,24H,4,7H2,1-3H3,(H,22,23). The third-order valence-electron chi connectivity index (χ3n) is 4.42. The van der Waals surface area contributed by atoms with E-state index < -0.39 is 33.3 Å². The van der Waals surface area contributed by atoms with E-state index in [1.165, 1.54) is 26.6 Å². The first-order chi connectivity index (χ1) is 13.8. The van der Waals surface area contributed by atoms with E-state index in [4.69, 9.17) is 9.47 Å². The summed E-state index contributed by atoms with van der Waals surface area (Å²) in [5.74, 6) is -1.62. The first kappa shape index (κ1) is 21.0. The number of hydrogen-bond acceptors (Lipinski definition) is 5. The molecule has 0 aliphatic heterocycles. The van der Waals surface area contributed by atoms with Gasteiger partial charge in [-0.1, -0.05) is 6.92 Å². The summed E-state index contributed by atoms with van der Waals surface area (Å²) in [6.45, 7) is 1.69. The quantitative estimate of drug-likeness (QED) is 0.574. The van der Waals surface area contributed by atoms with Crippen LogP contribution in [0.2, 0.25) is 0 Å². The molecule has 29 heavy (non-hydrogen) atoms. The van der Waals surface area contributed by atoms with Crippen LogP contribution in [0.5, 0.6) is 5.75 Å². The van der Waals surface area contributed by atoms with Crippen LogP contribution in [0.25, 0.3) is 11.0 Å². The van der Waals surface area contributed by atoms with E-state index in [0.29, 0.717) is 28.8 Å². The van der Waals surface area contributed by atoms with Crippen LogP contribution in [0.15, 0.2) is 30.6 Å². The van der Waals surface area contributed by atoms with Gasteiger partial charge in [0.05, 0.1) is 30.3 Å². The second-order valence-corrected chi connectivity index (χ2v) is 8.22. The summed E-state index contributed by atoms with van der Waals surface area (Å²) >= 11 is 0. The second-order valence-electron chi connectivity index (χ2n) is 6.37. The molecule has 0 aliphatic carbocycles. The maximum atomic E-state index is 15.2. The van der Waals surface area contributed by atoms with Gasteiger partial charge in [0.2, 0.25) is 10.0 Å². The molecule has 0 aliphatic rings. The molecule has 0 spiro atoms. The number of aromatic nitrogens is 2. The summed E-state index contributed by atoms with van der Waals surface area (Å²) in [4.78, 5) is 7.13. The van der Waals surface area contributed by atoms with E-state index in [9.17, 15) is 12.8 Å². The highest BCUT2D eigenvalue weighted by Crippen LogP contribution is 2.37. The molecular formula is C19H21F2N3O4S. The van der Waals surface area contributed by atoms with Crippen molar-refractivity contribution in [2.75, 3.05) is 24.7 Å². The SMILES string of the molecule is CCCS(=O)(=O)Nc1ccc(F)c(C(OC)c2c[nH]c3ncc(OC)cc23)c1F. The van der Waals surface area contributed by atoms with E-state index in [2.05, 4.69) is 14.7 Å². The normalized spacial score (nSPS) is 12.9. The van der Waals surface area contributed by atoms with Crippen molar-refractivity contribution in [3.63, 3.8) is 0 Å². The van der Waals surface area contributed by atoms with Crippen molar-refractivity contribution in [2.45, 2.75) is 19.4 Å². The minimum absolute atomic E-state index is 0.180. The van der Waals surface area contributed by atoms with E-state index in [-0.39, 0.29) is 11.4 Å². The number of benzene rings is 1. The number of ether oxygens (including phenoxy) is 2. The third kappa shape index (κ3) is 4.18. The van der Waals surface area contributed by atoms with Crippen molar-refractivity contribution >= 4 is 26.7 Å². The molecule has 3 aromatic rings. The molecule has 0 amide bonds. The number of hydrogen-bond donors (Lipinski definition) is 2. The summed E-state index contributed by atoms with van der Waals surface area (Å²) in [5.41, 5.74) is 0.170. The Bertz CT molecular complexity index is 1130. The minimum atomic E-state index is -3.75. The fraction of sp³-hybridized carbons (Fsp3) is 0.316. The number of fused-ring (bicyclic) bond motifs is 1. The monoisotopic (exact) mass is 425 g/mol. The molecule has 2 N–H and O–H groups in total. The molecule has 0 saturated carbocycles. The molecule has 2 aromatic heterocycles. The number of pyridine rings is 1. The lowest BCUT2D eigenvalue weighted by atomic mass is 9.99. The van der Waals surface area contributed by atoms with Gasteiger partial charge in [-0.2, -0.15) is 0 Å². The van der Waals surface area contributed by atoms with Gasteiger partial charge in [-0.25, -0.2) is 22.2 Å². The number of nitrogens with one attached hydrogen (secondary N) is 2. The Balaban J connectivity index is 2.12.